The second-order valence-electron chi connectivity index (χ2n) is 4.73. The van der Waals surface area contributed by atoms with Gasteiger partial charge in [-0.2, -0.15) is 0 Å². The summed E-state index contributed by atoms with van der Waals surface area (Å²) in [6, 6.07) is 10.1. The van der Waals surface area contributed by atoms with E-state index in [-0.39, 0.29) is 0 Å². The van der Waals surface area contributed by atoms with E-state index in [1.54, 1.807) is 6.26 Å². The lowest BCUT2D eigenvalue weighted by Gasteiger charge is -2.16. The largest absolute Gasteiger partial charge is 0.469 e. The van der Waals surface area contributed by atoms with Crippen LogP contribution in [-0.2, 0) is 13.0 Å². The molecule has 1 heterocycles. The van der Waals surface area contributed by atoms with Gasteiger partial charge in [0.15, 0.2) is 0 Å². The van der Waals surface area contributed by atoms with Crippen molar-refractivity contribution in [3.63, 3.8) is 0 Å². The maximum absolute atomic E-state index is 5.67. The Morgan fingerprint density at radius 2 is 1.89 bits per heavy atom. The van der Waals surface area contributed by atoms with Crippen LogP contribution in [0, 0.1) is 6.92 Å². The van der Waals surface area contributed by atoms with E-state index in [2.05, 4.69) is 24.1 Å². The maximum Gasteiger partial charge on any atom is 0.105 e. The fourth-order valence-corrected chi connectivity index (χ4v) is 1.95. The Morgan fingerprint density at radius 3 is 2.50 bits per heavy atom. The molecule has 0 amide bonds. The van der Waals surface area contributed by atoms with Gasteiger partial charge in [0.05, 0.1) is 6.26 Å². The van der Waals surface area contributed by atoms with Gasteiger partial charge in [0, 0.05) is 24.3 Å². The van der Waals surface area contributed by atoms with Gasteiger partial charge in [0.2, 0.25) is 0 Å². The summed E-state index contributed by atoms with van der Waals surface area (Å²) < 4.78 is 5.30. The number of likely N-dealkylation sites (N-methyl/N-ethyl adjacent to an activating group) is 1. The molecule has 0 aliphatic heterocycles. The van der Waals surface area contributed by atoms with Crippen molar-refractivity contribution in [2.45, 2.75) is 19.9 Å². The number of nitrogen functional groups attached to an aromatic ring is 1. The molecule has 18 heavy (non-hydrogen) atoms. The first-order valence-electron chi connectivity index (χ1n) is 6.21. The summed E-state index contributed by atoms with van der Waals surface area (Å²) in [6.45, 7) is 3.95. The summed E-state index contributed by atoms with van der Waals surface area (Å²) in [5, 5.41) is 0. The molecule has 2 aromatic rings. The molecule has 0 atom stereocenters. The van der Waals surface area contributed by atoms with Crippen LogP contribution in [0.5, 0.6) is 0 Å². The minimum atomic E-state index is 0.820. The average molecular weight is 244 g/mol. The van der Waals surface area contributed by atoms with Crippen LogP contribution < -0.4 is 5.73 Å². The van der Waals surface area contributed by atoms with Gasteiger partial charge in [-0.3, -0.25) is 0 Å². The van der Waals surface area contributed by atoms with Gasteiger partial charge in [0.25, 0.3) is 0 Å². The SMILES string of the molecule is Cc1occc1CN(C)CCc1ccc(N)cc1. The second kappa shape index (κ2) is 5.74. The van der Waals surface area contributed by atoms with E-state index in [0.29, 0.717) is 0 Å². The van der Waals surface area contributed by atoms with E-state index in [1.807, 2.05) is 25.1 Å². The Labute approximate surface area is 108 Å². The summed E-state index contributed by atoms with van der Waals surface area (Å²) in [6.07, 6.45) is 2.78. The highest BCUT2D eigenvalue weighted by atomic mass is 16.3. The van der Waals surface area contributed by atoms with Crippen molar-refractivity contribution in [3.05, 3.63) is 53.5 Å². The lowest BCUT2D eigenvalue weighted by Crippen LogP contribution is -2.20. The highest BCUT2D eigenvalue weighted by Crippen LogP contribution is 2.12. The third-order valence-corrected chi connectivity index (χ3v) is 3.17. The first-order valence-corrected chi connectivity index (χ1v) is 6.21. The van der Waals surface area contributed by atoms with Crippen LogP contribution in [0.15, 0.2) is 41.0 Å². The number of furan rings is 1. The minimum absolute atomic E-state index is 0.820. The van der Waals surface area contributed by atoms with Crippen molar-refractivity contribution in [1.82, 2.24) is 4.90 Å². The molecule has 96 valence electrons. The standard InChI is InChI=1S/C15H20N2O/c1-12-14(8-10-18-12)11-17(2)9-7-13-3-5-15(16)6-4-13/h3-6,8,10H,7,9,11,16H2,1-2H3. The molecule has 1 aromatic heterocycles. The van der Waals surface area contributed by atoms with Crippen molar-refractivity contribution >= 4 is 5.69 Å². The van der Waals surface area contributed by atoms with Crippen molar-refractivity contribution < 1.29 is 4.42 Å². The summed E-state index contributed by atoms with van der Waals surface area (Å²) in [7, 11) is 2.13. The molecule has 1 aromatic carbocycles. The molecule has 2 rings (SSSR count). The molecule has 0 aliphatic carbocycles. The first-order chi connectivity index (χ1) is 8.65. The van der Waals surface area contributed by atoms with Crippen LogP contribution in [0.3, 0.4) is 0 Å². The predicted octanol–water partition coefficient (Wildman–Crippen LogP) is 2.84. The lowest BCUT2D eigenvalue weighted by molar-refractivity contribution is 0.328. The Kier molecular flexibility index (Phi) is 4.05. The lowest BCUT2D eigenvalue weighted by atomic mass is 10.1. The highest BCUT2D eigenvalue weighted by Gasteiger charge is 2.05. The van der Waals surface area contributed by atoms with Crippen LogP contribution in [0.25, 0.3) is 0 Å². The van der Waals surface area contributed by atoms with Gasteiger partial charge in [-0.1, -0.05) is 12.1 Å². The number of aryl methyl sites for hydroxylation is 1. The van der Waals surface area contributed by atoms with Crippen molar-refractivity contribution in [3.8, 4) is 0 Å². The third kappa shape index (κ3) is 3.37. The first kappa shape index (κ1) is 12.7. The van der Waals surface area contributed by atoms with Crippen LogP contribution in [0.1, 0.15) is 16.9 Å². The van der Waals surface area contributed by atoms with Gasteiger partial charge in [-0.15, -0.1) is 0 Å². The summed E-state index contributed by atoms with van der Waals surface area (Å²) in [4.78, 5) is 2.30. The molecule has 0 spiro atoms. The monoisotopic (exact) mass is 244 g/mol. The quantitative estimate of drug-likeness (QED) is 0.822. The highest BCUT2D eigenvalue weighted by molar-refractivity contribution is 5.39. The number of hydrogen-bond donors (Lipinski definition) is 1. The number of hydrogen-bond acceptors (Lipinski definition) is 3. The molecule has 0 radical (unpaired) electrons. The number of benzene rings is 1. The molecule has 3 nitrogen and oxygen atoms in total. The third-order valence-electron chi connectivity index (χ3n) is 3.17. The van der Waals surface area contributed by atoms with Crippen molar-refractivity contribution in [1.29, 1.82) is 0 Å². The van der Waals surface area contributed by atoms with E-state index in [4.69, 9.17) is 10.2 Å². The number of nitrogens with two attached hydrogens (primary N) is 1. The number of anilines is 1. The molecule has 0 aliphatic rings. The molecule has 0 fully saturated rings. The number of rotatable bonds is 5. The molecule has 0 unspecified atom stereocenters. The Morgan fingerprint density at radius 1 is 1.17 bits per heavy atom. The zero-order chi connectivity index (χ0) is 13.0. The summed E-state index contributed by atoms with van der Waals surface area (Å²) >= 11 is 0. The molecule has 2 N–H and O–H groups in total. The van der Waals surface area contributed by atoms with Crippen molar-refractivity contribution in [2.75, 3.05) is 19.3 Å². The Hall–Kier alpha value is -1.74. The van der Waals surface area contributed by atoms with Gasteiger partial charge in [-0.25, -0.2) is 0 Å². The fraction of sp³-hybridized carbons (Fsp3) is 0.333. The average Bonchev–Trinajstić information content (AvgIpc) is 2.74. The normalized spacial score (nSPS) is 11.1. The maximum atomic E-state index is 5.67. The smallest absolute Gasteiger partial charge is 0.105 e. The van der Waals surface area contributed by atoms with Gasteiger partial charge >= 0.3 is 0 Å². The summed E-state index contributed by atoms with van der Waals surface area (Å²) in [5.41, 5.74) is 9.07. The van der Waals surface area contributed by atoms with Gasteiger partial charge in [-0.05, 0) is 44.2 Å². The van der Waals surface area contributed by atoms with Gasteiger partial charge < -0.3 is 15.1 Å². The molecular weight excluding hydrogens is 224 g/mol. The zero-order valence-corrected chi connectivity index (χ0v) is 11.0. The molecule has 3 heteroatoms. The summed E-state index contributed by atoms with van der Waals surface area (Å²) in [5.74, 6) is 1.01. The fourth-order valence-electron chi connectivity index (χ4n) is 1.95. The number of nitrogens with zero attached hydrogens (tertiary/aromatic N) is 1. The Bertz CT molecular complexity index is 487. The van der Waals surface area contributed by atoms with Gasteiger partial charge in [0.1, 0.15) is 5.76 Å². The van der Waals surface area contributed by atoms with Crippen LogP contribution in [0.2, 0.25) is 0 Å². The topological polar surface area (TPSA) is 42.4 Å². The van der Waals surface area contributed by atoms with E-state index < -0.39 is 0 Å². The van der Waals surface area contributed by atoms with Crippen molar-refractivity contribution in [2.24, 2.45) is 0 Å². The minimum Gasteiger partial charge on any atom is -0.469 e. The second-order valence-corrected chi connectivity index (χ2v) is 4.73. The zero-order valence-electron chi connectivity index (χ0n) is 11.0. The van der Waals surface area contributed by atoms with Crippen LogP contribution in [0.4, 0.5) is 5.69 Å². The molecular formula is C15H20N2O. The predicted molar refractivity (Wildman–Crippen MR) is 74.3 cm³/mol. The van der Waals surface area contributed by atoms with Crippen LogP contribution in [-0.4, -0.2) is 18.5 Å². The molecule has 0 bridgehead atoms. The molecule has 0 saturated carbocycles. The van der Waals surface area contributed by atoms with Crippen LogP contribution >= 0.6 is 0 Å². The van der Waals surface area contributed by atoms with E-state index in [1.165, 1.54) is 11.1 Å². The van der Waals surface area contributed by atoms with E-state index in [0.717, 1.165) is 31.0 Å². The van der Waals surface area contributed by atoms with E-state index >= 15 is 0 Å². The Balaban J connectivity index is 1.83. The van der Waals surface area contributed by atoms with E-state index in [9.17, 15) is 0 Å². The molecule has 0 saturated heterocycles.